The summed E-state index contributed by atoms with van der Waals surface area (Å²) in [6, 6.07) is 3.49. The van der Waals surface area contributed by atoms with E-state index in [1.807, 2.05) is 19.1 Å². The van der Waals surface area contributed by atoms with Gasteiger partial charge in [0, 0.05) is 35.7 Å². The maximum Gasteiger partial charge on any atom is 0.251 e. The molecule has 0 fully saturated rings. The molecule has 0 atom stereocenters. The van der Waals surface area contributed by atoms with Gasteiger partial charge in [-0.25, -0.2) is 4.99 Å². The van der Waals surface area contributed by atoms with E-state index in [1.54, 1.807) is 48.8 Å². The number of pyridine rings is 1. The zero-order valence-corrected chi connectivity index (χ0v) is 15.0. The van der Waals surface area contributed by atoms with Gasteiger partial charge in [0.15, 0.2) is 0 Å². The van der Waals surface area contributed by atoms with Gasteiger partial charge < -0.3 is 11.1 Å². The molecule has 5 nitrogen and oxygen atoms in total. The van der Waals surface area contributed by atoms with Crippen LogP contribution in [0.3, 0.4) is 0 Å². The molecule has 1 rings (SSSR count). The van der Waals surface area contributed by atoms with Crippen molar-refractivity contribution in [3.05, 3.63) is 77.8 Å². The molecule has 0 spiro atoms. The van der Waals surface area contributed by atoms with Crippen molar-refractivity contribution in [2.45, 2.75) is 19.8 Å². The Morgan fingerprint density at radius 2 is 2.24 bits per heavy atom. The van der Waals surface area contributed by atoms with E-state index in [-0.39, 0.29) is 5.91 Å². The van der Waals surface area contributed by atoms with E-state index in [0.717, 1.165) is 18.5 Å². The van der Waals surface area contributed by atoms with Gasteiger partial charge in [0.2, 0.25) is 0 Å². The van der Waals surface area contributed by atoms with E-state index >= 15 is 0 Å². The van der Waals surface area contributed by atoms with Gasteiger partial charge in [0.1, 0.15) is 5.84 Å². The average molecular weight is 359 g/mol. The number of nitrogens with one attached hydrogen (secondary N) is 1. The number of aryl methyl sites for hydroxylation is 1. The topological polar surface area (TPSA) is 80.4 Å². The van der Waals surface area contributed by atoms with E-state index in [2.05, 4.69) is 15.3 Å². The second kappa shape index (κ2) is 12.7. The zero-order chi connectivity index (χ0) is 18.3. The lowest BCUT2D eigenvalue weighted by atomic mass is 10.1. The van der Waals surface area contributed by atoms with Crippen LogP contribution in [0.5, 0.6) is 0 Å². The fourth-order valence-electron chi connectivity index (χ4n) is 1.86. The van der Waals surface area contributed by atoms with Crippen molar-refractivity contribution < 1.29 is 4.79 Å². The number of hydrogen-bond donors (Lipinski definition) is 2. The van der Waals surface area contributed by atoms with E-state index < -0.39 is 0 Å². The lowest BCUT2D eigenvalue weighted by molar-refractivity contribution is 0.0957. The first kappa shape index (κ1) is 20.4. The highest BCUT2D eigenvalue weighted by molar-refractivity contribution is 6.25. The Balaban J connectivity index is 2.49. The summed E-state index contributed by atoms with van der Waals surface area (Å²) in [6.07, 6.45) is 15.6. The first-order valence-electron chi connectivity index (χ1n) is 7.93. The first-order valence-corrected chi connectivity index (χ1v) is 8.37. The van der Waals surface area contributed by atoms with Crippen molar-refractivity contribution in [3.8, 4) is 0 Å². The number of nitrogens with two attached hydrogens (primary N) is 1. The number of nitrogens with zero attached hydrogens (tertiary/aromatic N) is 2. The zero-order valence-electron chi connectivity index (χ0n) is 14.2. The molecule has 0 saturated carbocycles. The molecule has 1 heterocycles. The summed E-state index contributed by atoms with van der Waals surface area (Å²) in [5.74, 6) is 0.263. The molecular weight excluding hydrogens is 336 g/mol. The highest BCUT2D eigenvalue weighted by Crippen LogP contribution is 2.05. The van der Waals surface area contributed by atoms with Gasteiger partial charge in [-0.15, -0.1) is 0 Å². The lowest BCUT2D eigenvalue weighted by Gasteiger charge is -2.04. The summed E-state index contributed by atoms with van der Waals surface area (Å²) >= 11 is 5.43. The summed E-state index contributed by atoms with van der Waals surface area (Å²) in [5.41, 5.74) is 8.51. The lowest BCUT2D eigenvalue weighted by Crippen LogP contribution is -2.23. The smallest absolute Gasteiger partial charge is 0.251 e. The molecule has 1 aromatic heterocycles. The standard InChI is InChI=1S/C19H23ClN4O/c1-2-8-18(21)23-12-7-13-24-19(25)16-10-14-22-17(15-16)9-5-3-4-6-11-20/h2-4,6-8,10-12,14-15H,5,9,13H2,1H3,(H2,21,23)(H,24,25)/b4-3+,8-2+,11-6+,12-7+. The Hall–Kier alpha value is -2.66. The van der Waals surface area contributed by atoms with Crippen molar-refractivity contribution in [1.82, 2.24) is 10.3 Å². The largest absolute Gasteiger partial charge is 0.384 e. The molecule has 132 valence electrons. The highest BCUT2D eigenvalue weighted by atomic mass is 35.5. The quantitative estimate of drug-likeness (QED) is 0.402. The maximum absolute atomic E-state index is 12.1. The van der Waals surface area contributed by atoms with Crippen molar-refractivity contribution in [2.75, 3.05) is 6.54 Å². The molecule has 0 bridgehead atoms. The minimum atomic E-state index is -0.153. The molecular formula is C19H23ClN4O. The van der Waals surface area contributed by atoms with E-state index in [0.29, 0.717) is 17.9 Å². The van der Waals surface area contributed by atoms with Gasteiger partial charge in [-0.2, -0.15) is 0 Å². The number of amides is 1. The summed E-state index contributed by atoms with van der Waals surface area (Å²) in [6.45, 7) is 2.24. The van der Waals surface area contributed by atoms with Gasteiger partial charge in [-0.3, -0.25) is 9.78 Å². The van der Waals surface area contributed by atoms with E-state index in [9.17, 15) is 4.79 Å². The highest BCUT2D eigenvalue weighted by Gasteiger charge is 2.05. The maximum atomic E-state index is 12.1. The predicted molar refractivity (Wildman–Crippen MR) is 105 cm³/mol. The van der Waals surface area contributed by atoms with Crippen molar-refractivity contribution in [1.29, 1.82) is 0 Å². The van der Waals surface area contributed by atoms with Crippen LogP contribution < -0.4 is 11.1 Å². The minimum Gasteiger partial charge on any atom is -0.384 e. The first-order chi connectivity index (χ1) is 12.2. The molecule has 6 heteroatoms. The Bertz CT molecular complexity index is 690. The molecule has 0 aromatic carbocycles. The summed E-state index contributed by atoms with van der Waals surface area (Å²) < 4.78 is 0. The SMILES string of the molecule is C/C=C/C(N)=N\C=C\CNC(=O)c1ccnc(CC/C=C/C=C/Cl)c1. The number of amidine groups is 1. The van der Waals surface area contributed by atoms with Crippen LogP contribution in [0.1, 0.15) is 29.4 Å². The average Bonchev–Trinajstić information content (AvgIpc) is 2.61. The summed E-state index contributed by atoms with van der Waals surface area (Å²) in [7, 11) is 0. The fourth-order valence-corrected chi connectivity index (χ4v) is 1.95. The molecule has 0 saturated heterocycles. The second-order valence-corrected chi connectivity index (χ2v) is 5.22. The van der Waals surface area contributed by atoms with Crippen molar-refractivity contribution >= 4 is 23.3 Å². The van der Waals surface area contributed by atoms with Gasteiger partial charge in [0.05, 0.1) is 0 Å². The van der Waals surface area contributed by atoms with E-state index in [1.165, 1.54) is 5.54 Å². The molecule has 1 aromatic rings. The summed E-state index contributed by atoms with van der Waals surface area (Å²) in [4.78, 5) is 20.4. The van der Waals surface area contributed by atoms with Crippen LogP contribution in [-0.4, -0.2) is 23.3 Å². The Kier molecular flexibility index (Phi) is 10.4. The van der Waals surface area contributed by atoms with Crippen LogP contribution in [0.2, 0.25) is 0 Å². The van der Waals surface area contributed by atoms with Gasteiger partial charge >= 0.3 is 0 Å². The predicted octanol–water partition coefficient (Wildman–Crippen LogP) is 3.50. The third kappa shape index (κ3) is 9.27. The van der Waals surface area contributed by atoms with Gasteiger partial charge in [-0.05, 0) is 44.1 Å². The molecule has 0 aliphatic rings. The number of allylic oxidation sites excluding steroid dienone is 4. The normalized spacial score (nSPS) is 12.8. The number of carbonyl (C=O) groups excluding carboxylic acids is 1. The van der Waals surface area contributed by atoms with Crippen molar-refractivity contribution in [2.24, 2.45) is 10.7 Å². The minimum absolute atomic E-state index is 0.153. The molecule has 1 amide bonds. The second-order valence-electron chi connectivity index (χ2n) is 4.97. The molecule has 0 aliphatic carbocycles. The van der Waals surface area contributed by atoms with Crippen LogP contribution >= 0.6 is 11.6 Å². The Morgan fingerprint density at radius 3 is 3.00 bits per heavy atom. The Labute approximate surface area is 153 Å². The number of hydrogen-bond acceptors (Lipinski definition) is 3. The van der Waals surface area contributed by atoms with Gasteiger partial charge in [-0.1, -0.05) is 35.9 Å². The number of rotatable bonds is 9. The number of aliphatic imine (C=N–C) groups is 1. The molecule has 25 heavy (non-hydrogen) atoms. The van der Waals surface area contributed by atoms with Crippen LogP contribution in [-0.2, 0) is 6.42 Å². The van der Waals surface area contributed by atoms with Crippen LogP contribution in [0.15, 0.2) is 71.5 Å². The molecule has 0 unspecified atom stereocenters. The summed E-state index contributed by atoms with van der Waals surface area (Å²) in [5, 5.41) is 2.80. The third-order valence-corrected chi connectivity index (χ3v) is 3.16. The molecule has 0 aliphatic heterocycles. The Morgan fingerprint density at radius 1 is 1.40 bits per heavy atom. The number of halogens is 1. The van der Waals surface area contributed by atoms with E-state index in [4.69, 9.17) is 17.3 Å². The third-order valence-electron chi connectivity index (χ3n) is 3.01. The van der Waals surface area contributed by atoms with Crippen molar-refractivity contribution in [3.63, 3.8) is 0 Å². The monoisotopic (exact) mass is 358 g/mol. The fraction of sp³-hybridized carbons (Fsp3) is 0.211. The molecule has 3 N–H and O–H groups in total. The number of carbonyl (C=O) groups is 1. The van der Waals surface area contributed by atoms with Gasteiger partial charge in [0.25, 0.3) is 5.91 Å². The van der Waals surface area contributed by atoms with Crippen LogP contribution in [0.25, 0.3) is 0 Å². The van der Waals surface area contributed by atoms with Crippen LogP contribution in [0, 0.1) is 0 Å². The number of aromatic nitrogens is 1. The van der Waals surface area contributed by atoms with Crippen LogP contribution in [0.4, 0.5) is 0 Å². The molecule has 0 radical (unpaired) electrons.